The number of benzene rings is 2. The van der Waals surface area contributed by atoms with Crippen LogP contribution < -0.4 is 9.47 Å². The minimum Gasteiger partial charge on any atom is -0.493 e. The second-order valence-corrected chi connectivity index (χ2v) is 5.89. The standard InChI is InChI=1S/C16H15BrClFO2/c1-9-6-10(4-5-13(9)19)16(18)11-7-14(20-2)15(21-3)8-12(11)17/h4-8,16H,1-3H3. The molecule has 2 rings (SSSR count). The summed E-state index contributed by atoms with van der Waals surface area (Å²) in [5, 5.41) is -0.418. The van der Waals surface area contributed by atoms with Crippen molar-refractivity contribution in [2.24, 2.45) is 0 Å². The molecule has 2 aromatic rings. The van der Waals surface area contributed by atoms with Crippen LogP contribution in [0.4, 0.5) is 4.39 Å². The van der Waals surface area contributed by atoms with Gasteiger partial charge in [-0.3, -0.25) is 0 Å². The Morgan fingerprint density at radius 2 is 1.71 bits per heavy atom. The van der Waals surface area contributed by atoms with Gasteiger partial charge >= 0.3 is 0 Å². The van der Waals surface area contributed by atoms with E-state index in [4.69, 9.17) is 21.1 Å². The third kappa shape index (κ3) is 3.33. The fraction of sp³-hybridized carbons (Fsp3) is 0.250. The van der Waals surface area contributed by atoms with Crippen LogP contribution in [-0.4, -0.2) is 14.2 Å². The third-order valence-corrected chi connectivity index (χ3v) is 4.42. The Morgan fingerprint density at radius 1 is 1.10 bits per heavy atom. The number of aryl methyl sites for hydroxylation is 1. The lowest BCUT2D eigenvalue weighted by atomic mass is 10.0. The van der Waals surface area contributed by atoms with Crippen LogP contribution in [-0.2, 0) is 0 Å². The lowest BCUT2D eigenvalue weighted by Crippen LogP contribution is -1.99. The van der Waals surface area contributed by atoms with E-state index in [1.807, 2.05) is 6.07 Å². The maximum Gasteiger partial charge on any atom is 0.161 e. The zero-order valence-electron chi connectivity index (χ0n) is 11.9. The Balaban J connectivity index is 2.47. The average Bonchev–Trinajstić information content (AvgIpc) is 2.49. The Morgan fingerprint density at radius 3 is 2.29 bits per heavy atom. The van der Waals surface area contributed by atoms with Crippen LogP contribution in [0.25, 0.3) is 0 Å². The predicted octanol–water partition coefficient (Wildman–Crippen LogP) is 5.24. The molecule has 2 aromatic carbocycles. The average molecular weight is 374 g/mol. The lowest BCUT2D eigenvalue weighted by Gasteiger charge is -2.16. The molecule has 5 heteroatoms. The van der Waals surface area contributed by atoms with E-state index in [-0.39, 0.29) is 5.82 Å². The van der Waals surface area contributed by atoms with Crippen LogP contribution in [0.5, 0.6) is 11.5 Å². The predicted molar refractivity (Wildman–Crippen MR) is 86.1 cm³/mol. The molecule has 0 radical (unpaired) electrons. The number of ether oxygens (including phenoxy) is 2. The molecule has 0 aromatic heterocycles. The van der Waals surface area contributed by atoms with Gasteiger partial charge in [0, 0.05) is 4.47 Å². The van der Waals surface area contributed by atoms with Gasteiger partial charge in [-0.2, -0.15) is 0 Å². The molecule has 1 atom stereocenters. The molecule has 0 aliphatic carbocycles. The zero-order valence-corrected chi connectivity index (χ0v) is 14.3. The minimum atomic E-state index is -0.418. The largest absolute Gasteiger partial charge is 0.493 e. The van der Waals surface area contributed by atoms with Crippen LogP contribution >= 0.6 is 27.5 Å². The van der Waals surface area contributed by atoms with E-state index in [1.54, 1.807) is 39.3 Å². The number of rotatable bonds is 4. The molecule has 2 nitrogen and oxygen atoms in total. The number of alkyl halides is 1. The molecule has 0 amide bonds. The van der Waals surface area contributed by atoms with Crippen LogP contribution in [0.1, 0.15) is 22.1 Å². The molecule has 1 unspecified atom stereocenters. The van der Waals surface area contributed by atoms with Crippen molar-refractivity contribution < 1.29 is 13.9 Å². The Labute approximate surface area is 137 Å². The first kappa shape index (κ1) is 16.1. The molecule has 0 aliphatic rings. The monoisotopic (exact) mass is 372 g/mol. The summed E-state index contributed by atoms with van der Waals surface area (Å²) in [6, 6.07) is 8.48. The Bertz CT molecular complexity index is 661. The molecule has 0 saturated carbocycles. The maximum absolute atomic E-state index is 13.4. The van der Waals surface area contributed by atoms with Crippen LogP contribution in [0.15, 0.2) is 34.8 Å². The van der Waals surface area contributed by atoms with Gasteiger partial charge in [0.25, 0.3) is 0 Å². The van der Waals surface area contributed by atoms with Gasteiger partial charge in [-0.25, -0.2) is 4.39 Å². The highest BCUT2D eigenvalue weighted by molar-refractivity contribution is 9.10. The molecule has 0 bridgehead atoms. The zero-order chi connectivity index (χ0) is 15.6. The highest BCUT2D eigenvalue weighted by atomic mass is 79.9. The van der Waals surface area contributed by atoms with Crippen molar-refractivity contribution in [1.29, 1.82) is 0 Å². The third-order valence-electron chi connectivity index (χ3n) is 3.25. The summed E-state index contributed by atoms with van der Waals surface area (Å²) in [5.41, 5.74) is 2.22. The van der Waals surface area contributed by atoms with Gasteiger partial charge < -0.3 is 9.47 Å². The summed E-state index contributed by atoms with van der Waals surface area (Å²) in [4.78, 5) is 0. The van der Waals surface area contributed by atoms with E-state index in [9.17, 15) is 4.39 Å². The van der Waals surface area contributed by atoms with Crippen molar-refractivity contribution in [1.82, 2.24) is 0 Å². The molecular formula is C16H15BrClFO2. The number of hydrogen-bond acceptors (Lipinski definition) is 2. The van der Waals surface area contributed by atoms with Crippen LogP contribution in [0.3, 0.4) is 0 Å². The molecular weight excluding hydrogens is 359 g/mol. The van der Waals surface area contributed by atoms with Crippen molar-refractivity contribution in [3.63, 3.8) is 0 Å². The molecule has 0 heterocycles. The van der Waals surface area contributed by atoms with Crippen LogP contribution in [0.2, 0.25) is 0 Å². The van der Waals surface area contributed by atoms with E-state index in [1.165, 1.54) is 6.07 Å². The molecule has 0 saturated heterocycles. The topological polar surface area (TPSA) is 18.5 Å². The molecule has 21 heavy (non-hydrogen) atoms. The second-order valence-electron chi connectivity index (χ2n) is 4.60. The van der Waals surface area contributed by atoms with Gasteiger partial charge in [-0.1, -0.05) is 28.1 Å². The molecule has 0 fully saturated rings. The van der Waals surface area contributed by atoms with Crippen molar-refractivity contribution in [2.45, 2.75) is 12.3 Å². The van der Waals surface area contributed by atoms with Crippen molar-refractivity contribution >= 4 is 27.5 Å². The highest BCUT2D eigenvalue weighted by Gasteiger charge is 2.18. The van der Waals surface area contributed by atoms with E-state index >= 15 is 0 Å². The fourth-order valence-corrected chi connectivity index (χ4v) is 3.07. The first-order chi connectivity index (χ1) is 9.97. The van der Waals surface area contributed by atoms with E-state index in [0.717, 1.165) is 15.6 Å². The summed E-state index contributed by atoms with van der Waals surface area (Å²) in [7, 11) is 3.15. The summed E-state index contributed by atoms with van der Waals surface area (Å²) in [6.07, 6.45) is 0. The molecule has 0 N–H and O–H groups in total. The van der Waals surface area contributed by atoms with E-state index < -0.39 is 5.38 Å². The highest BCUT2D eigenvalue weighted by Crippen LogP contribution is 2.40. The first-order valence-electron chi connectivity index (χ1n) is 6.29. The summed E-state index contributed by atoms with van der Waals surface area (Å²) >= 11 is 10.0. The van der Waals surface area contributed by atoms with Gasteiger partial charge in [0.1, 0.15) is 5.82 Å². The molecule has 0 aliphatic heterocycles. The Hall–Kier alpha value is -1.26. The van der Waals surface area contributed by atoms with E-state index in [0.29, 0.717) is 17.1 Å². The van der Waals surface area contributed by atoms with Gasteiger partial charge in [-0.05, 0) is 41.8 Å². The summed E-state index contributed by atoms with van der Waals surface area (Å²) in [5.74, 6) is 0.974. The van der Waals surface area contributed by atoms with Crippen molar-refractivity contribution in [3.8, 4) is 11.5 Å². The number of halogens is 3. The Kier molecular flexibility index (Phi) is 5.12. The fourth-order valence-electron chi connectivity index (χ4n) is 2.07. The summed E-state index contributed by atoms with van der Waals surface area (Å²) < 4.78 is 24.7. The van der Waals surface area contributed by atoms with Gasteiger partial charge in [0.2, 0.25) is 0 Å². The van der Waals surface area contributed by atoms with Gasteiger partial charge in [0.05, 0.1) is 19.6 Å². The molecule has 0 spiro atoms. The maximum atomic E-state index is 13.4. The van der Waals surface area contributed by atoms with Gasteiger partial charge in [-0.15, -0.1) is 11.6 Å². The molecule has 112 valence electrons. The smallest absolute Gasteiger partial charge is 0.161 e. The summed E-state index contributed by atoms with van der Waals surface area (Å²) in [6.45, 7) is 1.71. The van der Waals surface area contributed by atoms with Crippen molar-refractivity contribution in [3.05, 3.63) is 57.3 Å². The number of hydrogen-bond donors (Lipinski definition) is 0. The minimum absolute atomic E-state index is 0.242. The first-order valence-corrected chi connectivity index (χ1v) is 7.52. The van der Waals surface area contributed by atoms with Gasteiger partial charge in [0.15, 0.2) is 11.5 Å². The van der Waals surface area contributed by atoms with Crippen LogP contribution in [0, 0.1) is 12.7 Å². The number of methoxy groups -OCH3 is 2. The lowest BCUT2D eigenvalue weighted by molar-refractivity contribution is 0.354. The SMILES string of the molecule is COc1cc(Br)c(C(Cl)c2ccc(F)c(C)c2)cc1OC. The quantitative estimate of drug-likeness (QED) is 0.682. The second kappa shape index (κ2) is 6.67. The van der Waals surface area contributed by atoms with Crippen molar-refractivity contribution in [2.75, 3.05) is 14.2 Å². The normalized spacial score (nSPS) is 12.1. The van der Waals surface area contributed by atoms with E-state index in [2.05, 4.69) is 15.9 Å².